The highest BCUT2D eigenvalue weighted by Gasteiger charge is 2.62. The van der Waals surface area contributed by atoms with Gasteiger partial charge in [0.25, 0.3) is 0 Å². The molecule has 10 nitrogen and oxygen atoms in total. The molecule has 0 spiro atoms. The highest BCUT2D eigenvalue weighted by atomic mass is 16.7. The van der Waals surface area contributed by atoms with E-state index in [0.29, 0.717) is 0 Å². The fourth-order valence-electron chi connectivity index (χ4n) is 4.53. The van der Waals surface area contributed by atoms with Gasteiger partial charge in [-0.2, -0.15) is 0 Å². The molecule has 0 bridgehead atoms. The van der Waals surface area contributed by atoms with Gasteiger partial charge in [-0.3, -0.25) is 14.4 Å². The van der Waals surface area contributed by atoms with Gasteiger partial charge >= 0.3 is 25.0 Å². The fourth-order valence-corrected chi connectivity index (χ4v) is 4.53. The predicted molar refractivity (Wildman–Crippen MR) is 169 cm³/mol. The van der Waals surface area contributed by atoms with Crippen LogP contribution in [0, 0.1) is 16.2 Å². The molecule has 2 saturated heterocycles. The summed E-state index contributed by atoms with van der Waals surface area (Å²) in [5, 5.41) is 0. The Labute approximate surface area is 269 Å². The van der Waals surface area contributed by atoms with E-state index in [2.05, 4.69) is 0 Å². The predicted octanol–water partition coefficient (Wildman–Crippen LogP) is 5.48. The molecule has 0 aromatic heterocycles. The van der Waals surface area contributed by atoms with E-state index in [4.69, 9.17) is 33.0 Å². The highest BCUT2D eigenvalue weighted by molar-refractivity contribution is 6.47. The molecule has 2 aliphatic heterocycles. The van der Waals surface area contributed by atoms with Crippen LogP contribution >= 0.6 is 0 Å². The minimum absolute atomic E-state index is 0.137. The van der Waals surface area contributed by atoms with Crippen molar-refractivity contribution < 1.29 is 47.4 Å². The van der Waals surface area contributed by atoms with Crippen molar-refractivity contribution in [1.29, 1.82) is 0 Å². The molecule has 0 radical (unpaired) electrons. The standard InChI is InChI=1S/C34H53BO10/c1-30(2,3)27(36)40-20-22-23(42-28(37)31(4,5)6)24(43-29(38)32(7,8)9)25(39-19-21-17-15-14-16-18-21)26(41-22)35-44-33(10,11)34(12,13)45-35/h14-18,22-26H,19-20H2,1-13H3/t22-,23-,24+,25-,26-/m1/s1. The highest BCUT2D eigenvalue weighted by Crippen LogP contribution is 2.42. The van der Waals surface area contributed by atoms with Gasteiger partial charge in [-0.1, -0.05) is 30.3 Å². The van der Waals surface area contributed by atoms with Gasteiger partial charge in [0.05, 0.1) is 34.1 Å². The van der Waals surface area contributed by atoms with Crippen LogP contribution in [0.25, 0.3) is 0 Å². The van der Waals surface area contributed by atoms with Crippen molar-refractivity contribution in [3.63, 3.8) is 0 Å². The number of carbonyl (C=O) groups is 3. The lowest BCUT2D eigenvalue weighted by Crippen LogP contribution is -2.66. The zero-order valence-corrected chi connectivity index (χ0v) is 29.3. The van der Waals surface area contributed by atoms with E-state index in [1.54, 1.807) is 62.3 Å². The van der Waals surface area contributed by atoms with Crippen molar-refractivity contribution in [1.82, 2.24) is 0 Å². The average molecular weight is 633 g/mol. The SMILES string of the molecule is CC(C)(C)C(=O)OC[C@H]1O[C@@H](B2OC(C)(C)C(C)(C)O2)[C@H](OCc2ccccc2)[C@@H](OC(=O)C(C)(C)C)[C@@H]1OC(=O)C(C)(C)C. The van der Waals surface area contributed by atoms with Crippen molar-refractivity contribution in [2.75, 3.05) is 6.61 Å². The maximum absolute atomic E-state index is 13.5. The molecule has 2 aliphatic rings. The molecule has 0 aliphatic carbocycles. The maximum atomic E-state index is 13.5. The molecule has 1 aromatic carbocycles. The van der Waals surface area contributed by atoms with Gasteiger partial charge in [-0.25, -0.2) is 0 Å². The summed E-state index contributed by atoms with van der Waals surface area (Å²) >= 11 is 0. The first-order valence-corrected chi connectivity index (χ1v) is 15.7. The number of rotatable bonds is 8. The fraction of sp³-hybridized carbons (Fsp3) is 0.735. The molecule has 0 N–H and O–H groups in total. The van der Waals surface area contributed by atoms with E-state index in [1.165, 1.54) is 0 Å². The third kappa shape index (κ3) is 9.08. The molecular weight excluding hydrogens is 579 g/mol. The first kappa shape index (κ1) is 37.0. The Bertz CT molecular complexity index is 1180. The number of hydrogen-bond donors (Lipinski definition) is 0. The molecule has 45 heavy (non-hydrogen) atoms. The largest absolute Gasteiger partial charge is 0.491 e. The van der Waals surface area contributed by atoms with Gasteiger partial charge in [0.1, 0.15) is 24.8 Å². The van der Waals surface area contributed by atoms with E-state index in [1.807, 2.05) is 58.0 Å². The molecule has 11 heteroatoms. The van der Waals surface area contributed by atoms with Gasteiger partial charge in [-0.15, -0.1) is 0 Å². The smallest absolute Gasteiger partial charge is 0.462 e. The molecule has 5 atom stereocenters. The van der Waals surface area contributed by atoms with Crippen LogP contribution in [0.15, 0.2) is 30.3 Å². The van der Waals surface area contributed by atoms with Crippen molar-refractivity contribution in [3.05, 3.63) is 35.9 Å². The van der Waals surface area contributed by atoms with Gasteiger partial charge < -0.3 is 33.0 Å². The Morgan fingerprint density at radius 3 is 1.64 bits per heavy atom. The number of benzene rings is 1. The van der Waals surface area contributed by atoms with Gasteiger partial charge in [0.2, 0.25) is 0 Å². The minimum atomic E-state index is -1.18. The maximum Gasteiger partial charge on any atom is 0.491 e. The average Bonchev–Trinajstić information content (AvgIpc) is 3.12. The first-order valence-electron chi connectivity index (χ1n) is 15.7. The second-order valence-electron chi connectivity index (χ2n) is 16.1. The molecule has 0 unspecified atom stereocenters. The molecule has 2 heterocycles. The summed E-state index contributed by atoms with van der Waals surface area (Å²) in [5.41, 5.74) is -3.14. The molecular formula is C34H53BO10. The van der Waals surface area contributed by atoms with Crippen molar-refractivity contribution >= 4 is 25.0 Å². The van der Waals surface area contributed by atoms with E-state index < -0.39 is 82.9 Å². The van der Waals surface area contributed by atoms with Gasteiger partial charge in [-0.05, 0) is 95.6 Å². The van der Waals surface area contributed by atoms with Crippen molar-refractivity contribution in [2.45, 2.75) is 138 Å². The molecule has 0 amide bonds. The monoisotopic (exact) mass is 632 g/mol. The van der Waals surface area contributed by atoms with E-state index in [9.17, 15) is 14.4 Å². The number of esters is 3. The molecule has 3 rings (SSSR count). The molecule has 2 fully saturated rings. The van der Waals surface area contributed by atoms with E-state index >= 15 is 0 Å². The summed E-state index contributed by atoms with van der Waals surface area (Å²) in [6, 6.07) is 8.55. The lowest BCUT2D eigenvalue weighted by Gasteiger charge is -2.46. The Balaban J connectivity index is 2.14. The third-order valence-electron chi connectivity index (χ3n) is 8.20. The van der Waals surface area contributed by atoms with Crippen LogP contribution in [-0.4, -0.2) is 73.3 Å². The minimum Gasteiger partial charge on any atom is -0.462 e. The zero-order valence-electron chi connectivity index (χ0n) is 29.3. The van der Waals surface area contributed by atoms with Crippen LogP contribution in [0.1, 0.15) is 95.6 Å². The summed E-state index contributed by atoms with van der Waals surface area (Å²) in [4.78, 5) is 39.8. The summed E-state index contributed by atoms with van der Waals surface area (Å²) in [5.74, 6) is -1.54. The quantitative estimate of drug-likeness (QED) is 0.207. The molecule has 252 valence electrons. The topological polar surface area (TPSA) is 116 Å². The Morgan fingerprint density at radius 2 is 1.18 bits per heavy atom. The summed E-state index contributed by atoms with van der Waals surface area (Å²) in [7, 11) is -0.952. The molecule has 0 saturated carbocycles. The van der Waals surface area contributed by atoms with E-state index in [-0.39, 0.29) is 13.2 Å². The Morgan fingerprint density at radius 1 is 0.711 bits per heavy atom. The second kappa shape index (κ2) is 13.3. The van der Waals surface area contributed by atoms with Crippen LogP contribution in [0.3, 0.4) is 0 Å². The van der Waals surface area contributed by atoms with Crippen LogP contribution in [0.5, 0.6) is 0 Å². The second-order valence-corrected chi connectivity index (χ2v) is 16.1. The Kier molecular flexibility index (Phi) is 11.0. The van der Waals surface area contributed by atoms with Crippen LogP contribution < -0.4 is 0 Å². The number of hydrogen-bond acceptors (Lipinski definition) is 10. The first-order chi connectivity index (χ1) is 20.4. The van der Waals surface area contributed by atoms with Gasteiger partial charge in [0.15, 0.2) is 12.2 Å². The van der Waals surface area contributed by atoms with Crippen molar-refractivity contribution in [3.8, 4) is 0 Å². The lowest BCUT2D eigenvalue weighted by molar-refractivity contribution is -0.253. The summed E-state index contributed by atoms with van der Waals surface area (Å²) in [6.45, 7) is 23.1. The summed E-state index contributed by atoms with van der Waals surface area (Å²) < 4.78 is 44.0. The molecule has 1 aromatic rings. The van der Waals surface area contributed by atoms with Crippen molar-refractivity contribution in [2.24, 2.45) is 16.2 Å². The zero-order chi connectivity index (χ0) is 34.2. The number of ether oxygens (including phenoxy) is 5. The Hall–Kier alpha value is -2.47. The van der Waals surface area contributed by atoms with Crippen LogP contribution in [0.4, 0.5) is 0 Å². The van der Waals surface area contributed by atoms with Crippen LogP contribution in [0.2, 0.25) is 0 Å². The lowest BCUT2D eigenvalue weighted by atomic mass is 9.72. The van der Waals surface area contributed by atoms with Gasteiger partial charge in [0, 0.05) is 0 Å². The van der Waals surface area contributed by atoms with Crippen LogP contribution in [-0.2, 0) is 54.0 Å². The van der Waals surface area contributed by atoms with E-state index in [0.717, 1.165) is 5.56 Å². The summed E-state index contributed by atoms with van der Waals surface area (Å²) in [6.07, 6.45) is -4.39. The third-order valence-corrected chi connectivity index (χ3v) is 8.20. The normalized spacial score (nSPS) is 26.7. The number of carbonyl (C=O) groups excluding carboxylic acids is 3.